The minimum absolute atomic E-state index is 0.0828. The van der Waals surface area contributed by atoms with Gasteiger partial charge in [0.15, 0.2) is 0 Å². The molecule has 0 bridgehead atoms. The Kier molecular flexibility index (Phi) is 4.15. The monoisotopic (exact) mass is 416 g/mol. The molecule has 1 spiro atoms. The highest BCUT2D eigenvalue weighted by Crippen LogP contribution is 2.76. The average Bonchev–Trinajstić information content (AvgIpc) is 3.08. The van der Waals surface area contributed by atoms with Crippen molar-refractivity contribution in [2.75, 3.05) is 13.1 Å². The van der Waals surface area contributed by atoms with Gasteiger partial charge in [0.25, 0.3) is 0 Å². The second-order valence-corrected chi connectivity index (χ2v) is 12.4. The third-order valence-electron chi connectivity index (χ3n) is 11.1. The van der Waals surface area contributed by atoms with Gasteiger partial charge in [-0.2, -0.15) is 0 Å². The Morgan fingerprint density at radius 3 is 2.67 bits per heavy atom. The molecule has 0 aromatic rings. The molecule has 6 aliphatic rings. The van der Waals surface area contributed by atoms with Crippen molar-refractivity contribution in [2.45, 2.75) is 103 Å². The fourth-order valence-corrected chi connectivity index (χ4v) is 9.36. The maximum Gasteiger partial charge on any atom is 0.141 e. The van der Waals surface area contributed by atoms with E-state index in [0.717, 1.165) is 38.8 Å². The molecule has 4 aliphatic carbocycles. The van der Waals surface area contributed by atoms with E-state index in [0.29, 0.717) is 23.9 Å². The molecule has 0 aromatic heterocycles. The van der Waals surface area contributed by atoms with Crippen LogP contribution in [0.4, 0.5) is 0 Å². The number of rotatable bonds is 2. The fraction of sp³-hybridized carbons (Fsp3) is 0.960. The standard InChI is InChI=1S/C25H40N2O3/c1-22(2)19(27-30-15-9-12-26-14-15)8-11-24(4)18-7-10-23(3)17(5-6-20(23)28)16(18)13-21-25(22,24)29-21/h15-18,20-21,26,28H,5-14H2,1-4H3/b27-19-/t15-,16+,17+,18+,20+,21+,23+,24-,25-/m1/s1. The lowest BCUT2D eigenvalue weighted by Crippen LogP contribution is -2.64. The van der Waals surface area contributed by atoms with Crippen LogP contribution in [0.2, 0.25) is 0 Å². The van der Waals surface area contributed by atoms with Crippen LogP contribution in [-0.2, 0) is 9.57 Å². The lowest BCUT2D eigenvalue weighted by Gasteiger charge is -2.61. The molecule has 5 heteroatoms. The molecule has 4 saturated carbocycles. The van der Waals surface area contributed by atoms with Crippen molar-refractivity contribution in [1.29, 1.82) is 0 Å². The van der Waals surface area contributed by atoms with Gasteiger partial charge in [-0.05, 0) is 74.7 Å². The van der Waals surface area contributed by atoms with Gasteiger partial charge in [0.05, 0.1) is 17.9 Å². The summed E-state index contributed by atoms with van der Waals surface area (Å²) in [6.45, 7) is 11.6. The van der Waals surface area contributed by atoms with Crippen LogP contribution >= 0.6 is 0 Å². The number of nitrogens with one attached hydrogen (secondary N) is 1. The Bertz CT molecular complexity index is 761. The van der Waals surface area contributed by atoms with Crippen molar-refractivity contribution in [2.24, 2.45) is 39.2 Å². The summed E-state index contributed by atoms with van der Waals surface area (Å²) < 4.78 is 6.78. The van der Waals surface area contributed by atoms with Crippen molar-refractivity contribution in [3.05, 3.63) is 0 Å². The molecular formula is C25H40N2O3. The number of ether oxygens (including phenoxy) is 1. The van der Waals surface area contributed by atoms with Crippen LogP contribution in [0.5, 0.6) is 0 Å². The summed E-state index contributed by atoms with van der Waals surface area (Å²) in [5.41, 5.74) is 1.38. The van der Waals surface area contributed by atoms with E-state index in [1.54, 1.807) is 0 Å². The molecule has 5 nitrogen and oxygen atoms in total. The van der Waals surface area contributed by atoms with Crippen LogP contribution in [0.15, 0.2) is 5.16 Å². The van der Waals surface area contributed by atoms with Crippen molar-refractivity contribution in [3.8, 4) is 0 Å². The third kappa shape index (κ3) is 2.28. The van der Waals surface area contributed by atoms with E-state index in [9.17, 15) is 5.11 Å². The number of fused-ring (bicyclic) bond motifs is 4. The number of aliphatic hydroxyl groups excluding tert-OH is 1. The van der Waals surface area contributed by atoms with Crippen LogP contribution in [0.25, 0.3) is 0 Å². The molecule has 0 amide bonds. The smallest absolute Gasteiger partial charge is 0.141 e. The van der Waals surface area contributed by atoms with E-state index in [4.69, 9.17) is 14.7 Å². The quantitative estimate of drug-likeness (QED) is 0.529. The first-order valence-electron chi connectivity index (χ1n) is 12.5. The molecule has 0 aromatic carbocycles. The number of hydrogen-bond acceptors (Lipinski definition) is 5. The minimum atomic E-state index is -0.105. The van der Waals surface area contributed by atoms with Crippen LogP contribution in [-0.4, -0.2) is 47.8 Å². The topological polar surface area (TPSA) is 66.4 Å². The van der Waals surface area contributed by atoms with Gasteiger partial charge in [-0.25, -0.2) is 0 Å². The van der Waals surface area contributed by atoms with Crippen LogP contribution in [0.1, 0.15) is 79.1 Å². The number of aliphatic hydroxyl groups is 1. The van der Waals surface area contributed by atoms with E-state index in [-0.39, 0.29) is 34.1 Å². The molecule has 0 unspecified atom stereocenters. The molecule has 168 valence electrons. The van der Waals surface area contributed by atoms with E-state index >= 15 is 0 Å². The van der Waals surface area contributed by atoms with Crippen LogP contribution in [0, 0.1) is 34.0 Å². The van der Waals surface area contributed by atoms with Crippen LogP contribution in [0.3, 0.4) is 0 Å². The van der Waals surface area contributed by atoms with Crippen molar-refractivity contribution >= 4 is 5.71 Å². The first-order chi connectivity index (χ1) is 14.2. The molecule has 2 N–H and O–H groups in total. The number of oxime groups is 1. The highest BCUT2D eigenvalue weighted by molar-refractivity contribution is 5.92. The van der Waals surface area contributed by atoms with Gasteiger partial charge < -0.3 is 20.0 Å². The lowest BCUT2D eigenvalue weighted by atomic mass is 9.41. The Hall–Kier alpha value is -0.650. The van der Waals surface area contributed by atoms with Gasteiger partial charge in [0.1, 0.15) is 11.7 Å². The van der Waals surface area contributed by atoms with E-state index in [2.05, 4.69) is 33.0 Å². The highest BCUT2D eigenvalue weighted by Gasteiger charge is 2.81. The summed E-state index contributed by atoms with van der Waals surface area (Å²) in [4.78, 5) is 5.98. The summed E-state index contributed by atoms with van der Waals surface area (Å²) in [6.07, 6.45) is 9.49. The fourth-order valence-electron chi connectivity index (χ4n) is 9.36. The zero-order valence-electron chi connectivity index (χ0n) is 19.2. The Morgan fingerprint density at radius 2 is 1.90 bits per heavy atom. The summed E-state index contributed by atoms with van der Waals surface area (Å²) in [6, 6.07) is 0. The molecule has 2 aliphatic heterocycles. The Balaban J connectivity index is 1.30. The summed E-state index contributed by atoms with van der Waals surface area (Å²) >= 11 is 0. The van der Waals surface area contributed by atoms with Gasteiger partial charge in [0, 0.05) is 23.8 Å². The maximum absolute atomic E-state index is 10.7. The van der Waals surface area contributed by atoms with Crippen molar-refractivity contribution in [1.82, 2.24) is 5.32 Å². The summed E-state index contributed by atoms with van der Waals surface area (Å²) in [5.74, 6) is 2.09. The zero-order chi connectivity index (χ0) is 20.9. The third-order valence-corrected chi connectivity index (χ3v) is 11.1. The first-order valence-corrected chi connectivity index (χ1v) is 12.5. The predicted octanol–water partition coefficient (Wildman–Crippen LogP) is 3.89. The maximum atomic E-state index is 10.7. The second-order valence-electron chi connectivity index (χ2n) is 12.4. The highest BCUT2D eigenvalue weighted by atomic mass is 16.6. The van der Waals surface area contributed by atoms with Gasteiger partial charge in [0.2, 0.25) is 0 Å². The average molecular weight is 417 g/mol. The Morgan fingerprint density at radius 1 is 1.07 bits per heavy atom. The number of epoxide rings is 1. The largest absolute Gasteiger partial charge is 0.393 e. The molecule has 6 fully saturated rings. The second kappa shape index (κ2) is 6.23. The minimum Gasteiger partial charge on any atom is -0.393 e. The number of hydrogen-bond donors (Lipinski definition) is 2. The molecular weight excluding hydrogens is 376 g/mol. The molecule has 2 heterocycles. The molecule has 6 rings (SSSR count). The van der Waals surface area contributed by atoms with Gasteiger partial charge >= 0.3 is 0 Å². The molecule has 0 radical (unpaired) electrons. The van der Waals surface area contributed by atoms with Crippen molar-refractivity contribution < 1.29 is 14.7 Å². The lowest BCUT2D eigenvalue weighted by molar-refractivity contribution is -0.118. The van der Waals surface area contributed by atoms with Gasteiger partial charge in [-0.1, -0.05) is 32.9 Å². The SMILES string of the molecule is CC1(C)/C(=N\O[C@@H]2CCNC2)CC[C@]2(C)[C@H]3CC[C@]4(C)[C@@H](O)CC[C@H]4[C@@H]3C[C@@H]3O[C@]312. The zero-order valence-corrected chi connectivity index (χ0v) is 19.2. The summed E-state index contributed by atoms with van der Waals surface area (Å²) in [7, 11) is 0. The van der Waals surface area contributed by atoms with E-state index in [1.807, 2.05) is 0 Å². The molecule has 9 atom stereocenters. The molecule has 30 heavy (non-hydrogen) atoms. The normalized spacial score (nSPS) is 57.3. The van der Waals surface area contributed by atoms with Gasteiger partial charge in [-0.3, -0.25) is 0 Å². The van der Waals surface area contributed by atoms with Crippen molar-refractivity contribution in [3.63, 3.8) is 0 Å². The molecule has 2 saturated heterocycles. The summed E-state index contributed by atoms with van der Waals surface area (Å²) in [5, 5.41) is 18.9. The van der Waals surface area contributed by atoms with Gasteiger partial charge in [-0.15, -0.1) is 0 Å². The predicted molar refractivity (Wildman–Crippen MR) is 116 cm³/mol. The van der Waals surface area contributed by atoms with Crippen LogP contribution < -0.4 is 5.32 Å². The Labute approximate surface area is 181 Å². The first kappa shape index (κ1) is 20.0. The van der Waals surface area contributed by atoms with E-state index < -0.39 is 0 Å². The van der Waals surface area contributed by atoms with E-state index in [1.165, 1.54) is 31.4 Å². The number of nitrogens with zero attached hydrogens (tertiary/aromatic N) is 1.